The number of ether oxygens (including phenoxy) is 2. The van der Waals surface area contributed by atoms with Gasteiger partial charge in [0, 0.05) is 25.2 Å². The molecule has 7 heteroatoms. The van der Waals surface area contributed by atoms with Gasteiger partial charge in [-0.1, -0.05) is 32.4 Å². The van der Waals surface area contributed by atoms with Crippen molar-refractivity contribution in [3.63, 3.8) is 0 Å². The molecule has 5 unspecified atom stereocenters. The van der Waals surface area contributed by atoms with Crippen LogP contribution in [0.5, 0.6) is 0 Å². The van der Waals surface area contributed by atoms with Gasteiger partial charge in [-0.2, -0.15) is 0 Å². The molecule has 2 fully saturated rings. The number of benzene rings is 1. The first-order chi connectivity index (χ1) is 16.3. The number of carbonyl (C=O) groups is 2. The highest BCUT2D eigenvalue weighted by atomic mass is 32.1. The van der Waals surface area contributed by atoms with Gasteiger partial charge in [0.1, 0.15) is 16.9 Å². The lowest BCUT2D eigenvalue weighted by Gasteiger charge is -2.21. The van der Waals surface area contributed by atoms with Gasteiger partial charge in [-0.05, 0) is 55.9 Å². The zero-order valence-corrected chi connectivity index (χ0v) is 21.1. The molecular weight excluding hydrogens is 450 g/mol. The number of rotatable bonds is 2. The molecule has 1 aromatic heterocycles. The third-order valence-corrected chi connectivity index (χ3v) is 8.11. The number of para-hydroxylation sites is 1. The van der Waals surface area contributed by atoms with E-state index in [0.717, 1.165) is 40.1 Å². The molecule has 6 nitrogen and oxygen atoms in total. The van der Waals surface area contributed by atoms with E-state index in [4.69, 9.17) is 9.47 Å². The monoisotopic (exact) mass is 485 g/mol. The summed E-state index contributed by atoms with van der Waals surface area (Å²) >= 11 is 1.62. The summed E-state index contributed by atoms with van der Waals surface area (Å²) in [5, 5.41) is 11.3. The van der Waals surface area contributed by atoms with Crippen LogP contribution in [0.1, 0.15) is 70.7 Å². The molecule has 0 saturated carbocycles. The van der Waals surface area contributed by atoms with E-state index < -0.39 is 6.10 Å². The zero-order chi connectivity index (χ0) is 24.2. The lowest BCUT2D eigenvalue weighted by Crippen LogP contribution is -2.26. The summed E-state index contributed by atoms with van der Waals surface area (Å²) in [7, 11) is 0. The topological polar surface area (TPSA) is 89.0 Å². The van der Waals surface area contributed by atoms with E-state index in [1.165, 1.54) is 0 Å². The highest BCUT2D eigenvalue weighted by Gasteiger charge is 2.41. The number of epoxide rings is 1. The fraction of sp³-hybridized carbons (Fsp3) is 0.593. The first-order valence-electron chi connectivity index (χ1n) is 12.4. The number of carbonyl (C=O) groups excluding carboxylic acids is 2. The molecule has 2 saturated heterocycles. The summed E-state index contributed by atoms with van der Waals surface area (Å²) in [5.74, 6) is -0.512. The minimum atomic E-state index is -0.634. The number of fused-ring (bicyclic) bond motifs is 2. The van der Waals surface area contributed by atoms with Crippen molar-refractivity contribution >= 4 is 39.4 Å². The molecular formula is C27H35NO5S. The van der Waals surface area contributed by atoms with Gasteiger partial charge in [-0.25, -0.2) is 4.98 Å². The van der Waals surface area contributed by atoms with Gasteiger partial charge in [0.05, 0.1) is 28.5 Å². The molecule has 0 radical (unpaired) electrons. The molecule has 34 heavy (non-hydrogen) atoms. The summed E-state index contributed by atoms with van der Waals surface area (Å²) in [6.45, 7) is 5.81. The maximum Gasteiger partial charge on any atom is 0.306 e. The smallest absolute Gasteiger partial charge is 0.306 e. The SMILES string of the molecule is C/C(=C\c1nc2ccccc2s1)C1CC2OC2CCC[C@H](C)C(O)CC(=O)C(C)CCC(=O)O1. The number of thiazole rings is 1. The van der Waals surface area contributed by atoms with Crippen molar-refractivity contribution in [3.05, 3.63) is 34.8 Å². The van der Waals surface area contributed by atoms with Gasteiger partial charge in [-0.3, -0.25) is 9.59 Å². The number of nitrogens with zero attached hydrogens (tertiary/aromatic N) is 1. The summed E-state index contributed by atoms with van der Waals surface area (Å²) in [6.07, 6.45) is 5.31. The van der Waals surface area contributed by atoms with E-state index >= 15 is 0 Å². The first-order valence-corrected chi connectivity index (χ1v) is 13.2. The van der Waals surface area contributed by atoms with E-state index in [1.807, 2.05) is 45.0 Å². The van der Waals surface area contributed by atoms with Gasteiger partial charge in [-0.15, -0.1) is 11.3 Å². The average molecular weight is 486 g/mol. The molecule has 0 spiro atoms. The second-order valence-electron chi connectivity index (χ2n) is 9.92. The van der Waals surface area contributed by atoms with Crippen molar-refractivity contribution in [1.29, 1.82) is 0 Å². The second kappa shape index (κ2) is 11.1. The quantitative estimate of drug-likeness (QED) is 0.457. The lowest BCUT2D eigenvalue weighted by atomic mass is 9.89. The molecule has 2 aliphatic heterocycles. The average Bonchev–Trinajstić information content (AvgIpc) is 3.41. The zero-order valence-electron chi connectivity index (χ0n) is 20.2. The summed E-state index contributed by atoms with van der Waals surface area (Å²) in [5.41, 5.74) is 1.91. The van der Waals surface area contributed by atoms with Crippen LogP contribution in [0.3, 0.4) is 0 Å². The normalized spacial score (nSPS) is 32.3. The van der Waals surface area contributed by atoms with Crippen LogP contribution in [0.15, 0.2) is 29.8 Å². The number of hydrogen-bond acceptors (Lipinski definition) is 7. The third-order valence-electron chi connectivity index (χ3n) is 7.12. The van der Waals surface area contributed by atoms with Crippen LogP contribution in [0, 0.1) is 11.8 Å². The number of ketones is 1. The Hall–Kier alpha value is -2.09. The predicted molar refractivity (Wildman–Crippen MR) is 133 cm³/mol. The Labute approximate surface area is 205 Å². The van der Waals surface area contributed by atoms with Crippen LogP contribution in [-0.2, 0) is 19.1 Å². The molecule has 184 valence electrons. The summed E-state index contributed by atoms with van der Waals surface area (Å²) < 4.78 is 12.9. The van der Waals surface area contributed by atoms with Crippen LogP contribution in [0.25, 0.3) is 16.3 Å². The minimum Gasteiger partial charge on any atom is -0.458 e. The third kappa shape index (κ3) is 6.52. The molecule has 6 atom stereocenters. The van der Waals surface area contributed by atoms with Crippen LogP contribution >= 0.6 is 11.3 Å². The van der Waals surface area contributed by atoms with Gasteiger partial charge in [0.25, 0.3) is 0 Å². The number of hydrogen-bond donors (Lipinski definition) is 1. The number of cyclic esters (lactones) is 1. The minimum absolute atomic E-state index is 0.00768. The fourth-order valence-corrected chi connectivity index (χ4v) is 5.55. The van der Waals surface area contributed by atoms with E-state index in [0.29, 0.717) is 12.8 Å². The van der Waals surface area contributed by atoms with Crippen LogP contribution < -0.4 is 0 Å². The van der Waals surface area contributed by atoms with Gasteiger partial charge >= 0.3 is 5.97 Å². The largest absolute Gasteiger partial charge is 0.458 e. The first kappa shape index (κ1) is 25.0. The molecule has 1 aromatic carbocycles. The van der Waals surface area contributed by atoms with E-state index in [2.05, 4.69) is 11.1 Å². The number of aromatic nitrogens is 1. The van der Waals surface area contributed by atoms with Crippen molar-refractivity contribution in [2.75, 3.05) is 0 Å². The Bertz CT molecular complexity index is 1010. The molecule has 4 rings (SSSR count). The van der Waals surface area contributed by atoms with E-state index in [-0.39, 0.29) is 54.7 Å². The Balaban J connectivity index is 1.48. The molecule has 2 aromatic rings. The molecule has 0 amide bonds. The van der Waals surface area contributed by atoms with E-state index in [1.54, 1.807) is 11.3 Å². The van der Waals surface area contributed by atoms with Crippen LogP contribution in [0.4, 0.5) is 0 Å². The Kier molecular flexibility index (Phi) is 8.17. The standard InChI is InChI=1S/C27H35NO5S/c1-16-7-6-9-22-24(32-22)15-23(33-27(31)12-11-17(2)21(30)14-20(16)29)18(3)13-26-28-19-8-4-5-10-25(19)34-26/h4-5,8,10,13,16-17,20,22-24,29H,6-7,9,11-12,14-15H2,1-3H3/b18-13+/t16-,17?,20?,22?,23?,24?/m0/s1. The van der Waals surface area contributed by atoms with Crippen molar-refractivity contribution in [3.8, 4) is 0 Å². The molecule has 0 bridgehead atoms. The van der Waals surface area contributed by atoms with Crippen molar-refractivity contribution in [1.82, 2.24) is 4.98 Å². The van der Waals surface area contributed by atoms with Crippen molar-refractivity contribution in [2.45, 2.75) is 90.1 Å². The van der Waals surface area contributed by atoms with Gasteiger partial charge < -0.3 is 14.6 Å². The Morgan fingerprint density at radius 1 is 1.15 bits per heavy atom. The van der Waals surface area contributed by atoms with E-state index in [9.17, 15) is 14.7 Å². The number of aliphatic hydroxyl groups is 1. The molecule has 3 heterocycles. The van der Waals surface area contributed by atoms with Crippen LogP contribution in [-0.4, -0.2) is 46.3 Å². The fourth-order valence-electron chi connectivity index (χ4n) is 4.57. The highest BCUT2D eigenvalue weighted by Crippen LogP contribution is 2.35. The number of Topliss-reactive ketones (excluding diaryl/α,β-unsaturated/α-hetero) is 1. The number of aliphatic hydroxyl groups excluding tert-OH is 1. The molecule has 0 aliphatic carbocycles. The van der Waals surface area contributed by atoms with Crippen molar-refractivity contribution in [2.24, 2.45) is 11.8 Å². The summed E-state index contributed by atoms with van der Waals surface area (Å²) in [6, 6.07) is 8.03. The maximum absolute atomic E-state index is 12.7. The highest BCUT2D eigenvalue weighted by molar-refractivity contribution is 7.19. The summed E-state index contributed by atoms with van der Waals surface area (Å²) in [4.78, 5) is 29.9. The predicted octanol–water partition coefficient (Wildman–Crippen LogP) is 5.33. The molecule has 2 aliphatic rings. The Morgan fingerprint density at radius 3 is 2.74 bits per heavy atom. The molecule has 1 N–H and O–H groups in total. The van der Waals surface area contributed by atoms with Crippen molar-refractivity contribution < 1.29 is 24.2 Å². The van der Waals surface area contributed by atoms with Crippen LogP contribution in [0.2, 0.25) is 0 Å². The van der Waals surface area contributed by atoms with Gasteiger partial charge in [0.15, 0.2) is 0 Å². The Morgan fingerprint density at radius 2 is 1.94 bits per heavy atom. The maximum atomic E-state index is 12.7. The second-order valence-corrected chi connectivity index (χ2v) is 11.0. The number of esters is 1. The van der Waals surface area contributed by atoms with Gasteiger partial charge in [0.2, 0.25) is 0 Å². The lowest BCUT2D eigenvalue weighted by molar-refractivity contribution is -0.148.